The van der Waals surface area contributed by atoms with E-state index in [4.69, 9.17) is 10.2 Å². The van der Waals surface area contributed by atoms with Crippen molar-refractivity contribution in [3.63, 3.8) is 0 Å². The monoisotopic (exact) mass is 434 g/mol. The molecule has 162 valence electrons. The third-order valence-electron chi connectivity index (χ3n) is 4.90. The van der Waals surface area contributed by atoms with Gasteiger partial charge in [-0.2, -0.15) is 0 Å². The molecule has 0 amide bonds. The molecule has 0 spiro atoms. The molecule has 0 heterocycles. The van der Waals surface area contributed by atoms with E-state index in [1.54, 1.807) is 18.2 Å². The molecule has 0 atom stereocenters. The standard InChI is InChI=1S/C24H18O8/c25-21(26)17-6-4-15(11-19(17)23(29)30)9-13-2-1-3-14(8-13)10-16-5-7-18(22(27)28)20(12-16)24(31)32/h1-8,11-12H,9-10H2,(H,25,26)(H,27,28)(H,29,30)(H,31,32). The Hall–Kier alpha value is -4.46. The number of aromatic carboxylic acids is 4. The fourth-order valence-corrected chi connectivity index (χ4v) is 3.45. The molecule has 8 heteroatoms. The van der Waals surface area contributed by atoms with Crippen molar-refractivity contribution >= 4 is 23.9 Å². The molecule has 0 radical (unpaired) electrons. The molecular formula is C24H18O8. The van der Waals surface area contributed by atoms with Crippen LogP contribution in [0.2, 0.25) is 0 Å². The molecule has 0 aliphatic carbocycles. The molecule has 0 bridgehead atoms. The Balaban J connectivity index is 1.85. The van der Waals surface area contributed by atoms with Crippen molar-refractivity contribution in [3.8, 4) is 0 Å². The maximum atomic E-state index is 11.4. The van der Waals surface area contributed by atoms with Crippen LogP contribution >= 0.6 is 0 Å². The zero-order valence-corrected chi connectivity index (χ0v) is 16.6. The number of benzene rings is 3. The van der Waals surface area contributed by atoms with Crippen molar-refractivity contribution < 1.29 is 39.6 Å². The largest absolute Gasteiger partial charge is 0.478 e. The van der Waals surface area contributed by atoms with Crippen LogP contribution in [0.25, 0.3) is 0 Å². The summed E-state index contributed by atoms with van der Waals surface area (Å²) in [7, 11) is 0. The van der Waals surface area contributed by atoms with Crippen molar-refractivity contribution in [2.24, 2.45) is 0 Å². The third kappa shape index (κ3) is 4.99. The summed E-state index contributed by atoms with van der Waals surface area (Å²) in [6, 6.07) is 15.7. The molecule has 0 saturated heterocycles. The molecule has 0 saturated carbocycles. The van der Waals surface area contributed by atoms with Gasteiger partial charge in [0.25, 0.3) is 0 Å². The first-order valence-corrected chi connectivity index (χ1v) is 9.42. The van der Waals surface area contributed by atoms with Crippen molar-refractivity contribution in [2.75, 3.05) is 0 Å². The zero-order chi connectivity index (χ0) is 23.4. The summed E-state index contributed by atoms with van der Waals surface area (Å²) >= 11 is 0. The second kappa shape index (κ2) is 9.13. The smallest absolute Gasteiger partial charge is 0.336 e. The summed E-state index contributed by atoms with van der Waals surface area (Å²) in [4.78, 5) is 45.2. The van der Waals surface area contributed by atoms with Gasteiger partial charge in [-0.3, -0.25) is 0 Å². The topological polar surface area (TPSA) is 149 Å². The molecule has 3 aromatic rings. The van der Waals surface area contributed by atoms with E-state index in [2.05, 4.69) is 0 Å². The molecule has 32 heavy (non-hydrogen) atoms. The molecule has 0 fully saturated rings. The molecule has 0 aliphatic heterocycles. The van der Waals surface area contributed by atoms with Gasteiger partial charge >= 0.3 is 23.9 Å². The predicted molar refractivity (Wildman–Crippen MR) is 113 cm³/mol. The Bertz CT molecular complexity index is 1150. The maximum Gasteiger partial charge on any atom is 0.336 e. The van der Waals surface area contributed by atoms with Crippen LogP contribution in [0.3, 0.4) is 0 Å². The van der Waals surface area contributed by atoms with Gasteiger partial charge in [-0.1, -0.05) is 36.4 Å². The van der Waals surface area contributed by atoms with Crippen LogP contribution in [0.1, 0.15) is 63.7 Å². The van der Waals surface area contributed by atoms with Crippen molar-refractivity contribution in [1.29, 1.82) is 0 Å². The number of carboxylic acid groups (broad SMARTS) is 4. The van der Waals surface area contributed by atoms with Crippen LogP contribution in [0.4, 0.5) is 0 Å². The molecular weight excluding hydrogens is 416 g/mol. The van der Waals surface area contributed by atoms with E-state index in [1.165, 1.54) is 24.3 Å². The first-order chi connectivity index (χ1) is 15.2. The van der Waals surface area contributed by atoms with Gasteiger partial charge in [0.05, 0.1) is 22.3 Å². The molecule has 8 nitrogen and oxygen atoms in total. The highest BCUT2D eigenvalue weighted by molar-refractivity contribution is 6.02. The van der Waals surface area contributed by atoms with Crippen LogP contribution in [-0.4, -0.2) is 44.3 Å². The normalized spacial score (nSPS) is 10.5. The number of hydrogen-bond donors (Lipinski definition) is 4. The minimum Gasteiger partial charge on any atom is -0.478 e. The lowest BCUT2D eigenvalue weighted by Crippen LogP contribution is -2.09. The summed E-state index contributed by atoms with van der Waals surface area (Å²) in [5.41, 5.74) is 1.82. The Morgan fingerprint density at radius 2 is 0.812 bits per heavy atom. The summed E-state index contributed by atoms with van der Waals surface area (Å²) < 4.78 is 0. The van der Waals surface area contributed by atoms with Gasteiger partial charge in [-0.05, 0) is 59.4 Å². The minimum atomic E-state index is -1.32. The predicted octanol–water partition coefficient (Wildman–Crippen LogP) is 3.66. The fourth-order valence-electron chi connectivity index (χ4n) is 3.45. The Labute approximate surface area is 182 Å². The summed E-state index contributed by atoms with van der Waals surface area (Å²) in [5.74, 6) is -5.27. The van der Waals surface area contributed by atoms with Gasteiger partial charge in [0.15, 0.2) is 0 Å². The first kappa shape index (κ1) is 22.2. The van der Waals surface area contributed by atoms with E-state index in [0.717, 1.165) is 11.1 Å². The number of hydrogen-bond acceptors (Lipinski definition) is 4. The minimum absolute atomic E-state index is 0.283. The Morgan fingerprint density at radius 1 is 0.469 bits per heavy atom. The van der Waals surface area contributed by atoms with Gasteiger partial charge in [0.1, 0.15) is 0 Å². The highest BCUT2D eigenvalue weighted by Crippen LogP contribution is 2.20. The second-order valence-corrected chi connectivity index (χ2v) is 7.15. The van der Waals surface area contributed by atoms with E-state index in [1.807, 2.05) is 18.2 Å². The average molecular weight is 434 g/mol. The van der Waals surface area contributed by atoms with Crippen LogP contribution < -0.4 is 0 Å². The van der Waals surface area contributed by atoms with Crippen molar-refractivity contribution in [2.45, 2.75) is 12.8 Å². The van der Waals surface area contributed by atoms with Gasteiger partial charge < -0.3 is 20.4 Å². The van der Waals surface area contributed by atoms with Gasteiger partial charge in [0.2, 0.25) is 0 Å². The Morgan fingerprint density at radius 3 is 1.16 bits per heavy atom. The number of rotatable bonds is 8. The second-order valence-electron chi connectivity index (χ2n) is 7.15. The number of carbonyl (C=O) groups is 4. The highest BCUT2D eigenvalue weighted by Gasteiger charge is 2.17. The van der Waals surface area contributed by atoms with Crippen LogP contribution in [0.5, 0.6) is 0 Å². The van der Waals surface area contributed by atoms with E-state index in [-0.39, 0.29) is 22.3 Å². The maximum absolute atomic E-state index is 11.4. The van der Waals surface area contributed by atoms with Crippen molar-refractivity contribution in [1.82, 2.24) is 0 Å². The zero-order valence-electron chi connectivity index (χ0n) is 16.6. The van der Waals surface area contributed by atoms with Gasteiger partial charge in [-0.25, -0.2) is 19.2 Å². The quantitative estimate of drug-likeness (QED) is 0.420. The van der Waals surface area contributed by atoms with Gasteiger partial charge in [-0.15, -0.1) is 0 Å². The summed E-state index contributed by atoms with van der Waals surface area (Å²) in [6.07, 6.45) is 0.735. The lowest BCUT2D eigenvalue weighted by molar-refractivity contribution is 0.0651. The SMILES string of the molecule is O=C(O)c1ccc(Cc2cccc(Cc3ccc(C(=O)O)c(C(=O)O)c3)c2)cc1C(=O)O. The fraction of sp³-hybridized carbons (Fsp3) is 0.0833. The summed E-state index contributed by atoms with van der Waals surface area (Å²) in [5, 5.41) is 36.9. The van der Waals surface area contributed by atoms with E-state index >= 15 is 0 Å². The molecule has 4 N–H and O–H groups in total. The average Bonchev–Trinajstić information content (AvgIpc) is 2.73. The van der Waals surface area contributed by atoms with Crippen molar-refractivity contribution in [3.05, 3.63) is 105 Å². The van der Waals surface area contributed by atoms with Crippen LogP contribution in [0.15, 0.2) is 60.7 Å². The van der Waals surface area contributed by atoms with Gasteiger partial charge in [0, 0.05) is 0 Å². The molecule has 0 aromatic heterocycles. The first-order valence-electron chi connectivity index (χ1n) is 9.42. The van der Waals surface area contributed by atoms with E-state index in [9.17, 15) is 29.4 Å². The summed E-state index contributed by atoms with van der Waals surface area (Å²) in [6.45, 7) is 0. The van der Waals surface area contributed by atoms with E-state index in [0.29, 0.717) is 24.0 Å². The molecule has 0 aliphatic rings. The van der Waals surface area contributed by atoms with E-state index < -0.39 is 23.9 Å². The number of carboxylic acids is 4. The molecule has 3 aromatic carbocycles. The highest BCUT2D eigenvalue weighted by atomic mass is 16.4. The third-order valence-corrected chi connectivity index (χ3v) is 4.90. The lowest BCUT2D eigenvalue weighted by Gasteiger charge is -2.09. The lowest BCUT2D eigenvalue weighted by atomic mass is 9.95. The Kier molecular flexibility index (Phi) is 6.34. The molecule has 0 unspecified atom stereocenters. The van der Waals surface area contributed by atoms with Crippen LogP contribution in [0, 0.1) is 0 Å². The molecule has 3 rings (SSSR count). The van der Waals surface area contributed by atoms with Crippen LogP contribution in [-0.2, 0) is 12.8 Å².